The average Bonchev–Trinajstić information content (AvgIpc) is 1.63. The number of hydrogen-bond acceptors (Lipinski definition) is 3. The monoisotopic (exact) mass is 178 g/mol. The van der Waals surface area contributed by atoms with Crippen molar-refractivity contribution in [1.29, 1.82) is 0 Å². The van der Waals surface area contributed by atoms with Gasteiger partial charge < -0.3 is 23.3 Å². The van der Waals surface area contributed by atoms with Crippen molar-refractivity contribution in [3.05, 3.63) is 0 Å². The summed E-state index contributed by atoms with van der Waals surface area (Å²) in [6.07, 6.45) is -1.83. The molecule has 0 atom stereocenters. The molecule has 8 heteroatoms. The molecule has 0 heterocycles. The van der Waals surface area contributed by atoms with E-state index in [9.17, 15) is 0 Å². The maximum atomic E-state index is 9.10. The average molecular weight is 178 g/mol. The smallest absolute Gasteiger partial charge is 1.00 e. The predicted molar refractivity (Wildman–Crippen MR) is 33.9 cm³/mol. The van der Waals surface area contributed by atoms with E-state index in [0.717, 1.165) is 0 Å². The van der Waals surface area contributed by atoms with Crippen LogP contribution in [0, 0.1) is 0 Å². The molecule has 0 rings (SSSR count). The number of hydrogen-bond donors (Lipinski definition) is 4. The van der Waals surface area contributed by atoms with E-state index in [1.54, 1.807) is 0 Å². The second-order valence-electron chi connectivity index (χ2n) is 0.893. The van der Waals surface area contributed by atoms with Crippen molar-refractivity contribution in [3.63, 3.8) is 0 Å². The summed E-state index contributed by atoms with van der Waals surface area (Å²) in [7, 11) is 0. The molecule has 0 aliphatic heterocycles. The molecule has 0 aliphatic rings. The summed E-state index contributed by atoms with van der Waals surface area (Å²) in [5.74, 6) is -3.65. The van der Waals surface area contributed by atoms with Gasteiger partial charge in [0.1, 0.15) is 0 Å². The van der Waals surface area contributed by atoms with E-state index in [1.807, 2.05) is 0 Å². The summed E-state index contributed by atoms with van der Waals surface area (Å²) < 4.78 is 0. The van der Waals surface area contributed by atoms with Crippen molar-refractivity contribution in [1.82, 2.24) is 0 Å². The first-order valence-corrected chi connectivity index (χ1v) is 1.76. The van der Waals surface area contributed by atoms with Crippen molar-refractivity contribution >= 4 is 41.1 Å². The molecule has 0 saturated carbocycles. The van der Waals surface area contributed by atoms with Gasteiger partial charge in [0.25, 0.3) is 0 Å². The largest absolute Gasteiger partial charge is 2.00 e. The van der Waals surface area contributed by atoms with Crippen LogP contribution >= 0.6 is 0 Å². The Hall–Kier alpha value is -1.02. The molecule has 7 nitrogen and oxygen atoms in total. The van der Waals surface area contributed by atoms with Crippen LogP contribution in [0.3, 0.4) is 0 Å². The summed E-state index contributed by atoms with van der Waals surface area (Å²) in [5.41, 5.74) is 0. The molecule has 0 spiro atoms. The molecule has 0 aromatic heterocycles. The first-order valence-electron chi connectivity index (χ1n) is 1.76. The summed E-state index contributed by atoms with van der Waals surface area (Å²) in [4.78, 5) is 26.8. The molecule has 0 bridgehead atoms. The SMILES string of the molecule is O=C(O)C(=O)O.O=C(O)O.[H-].[H-].[Mg+2]. The molecular formula is C3H6MgO7. The normalized spacial score (nSPS) is 6.18. The molecule has 0 aromatic carbocycles. The minimum absolute atomic E-state index is 0. The predicted octanol–water partition coefficient (Wildman–Crippen LogP) is -0.778. The van der Waals surface area contributed by atoms with Gasteiger partial charge in [-0.05, 0) is 0 Å². The van der Waals surface area contributed by atoms with Gasteiger partial charge in [0, 0.05) is 0 Å². The number of carboxylic acid groups (broad SMARTS) is 4. The summed E-state index contributed by atoms with van der Waals surface area (Å²) in [6, 6.07) is 0. The van der Waals surface area contributed by atoms with E-state index >= 15 is 0 Å². The minimum Gasteiger partial charge on any atom is -1.00 e. The van der Waals surface area contributed by atoms with Crippen LogP contribution < -0.4 is 0 Å². The summed E-state index contributed by atoms with van der Waals surface area (Å²) >= 11 is 0. The topological polar surface area (TPSA) is 132 Å². The van der Waals surface area contributed by atoms with Gasteiger partial charge in [-0.2, -0.15) is 0 Å². The second-order valence-corrected chi connectivity index (χ2v) is 0.893. The molecule has 4 N–H and O–H groups in total. The van der Waals surface area contributed by atoms with Crippen molar-refractivity contribution in [2.45, 2.75) is 0 Å². The van der Waals surface area contributed by atoms with Crippen LogP contribution in [0.2, 0.25) is 0 Å². The van der Waals surface area contributed by atoms with Gasteiger partial charge in [-0.25, -0.2) is 14.4 Å². The third-order valence-electron chi connectivity index (χ3n) is 0.183. The van der Waals surface area contributed by atoms with Crippen LogP contribution in [0.25, 0.3) is 0 Å². The Morgan fingerprint density at radius 1 is 0.818 bits per heavy atom. The fourth-order valence-electron chi connectivity index (χ4n) is 0. The van der Waals surface area contributed by atoms with E-state index in [4.69, 9.17) is 34.8 Å². The van der Waals surface area contributed by atoms with Gasteiger partial charge >= 0.3 is 41.1 Å². The number of carboxylic acids is 2. The van der Waals surface area contributed by atoms with Gasteiger partial charge in [-0.3, -0.25) is 0 Å². The van der Waals surface area contributed by atoms with Gasteiger partial charge in [0.15, 0.2) is 0 Å². The van der Waals surface area contributed by atoms with Crippen molar-refractivity contribution < 1.29 is 37.7 Å². The fourth-order valence-corrected chi connectivity index (χ4v) is 0. The van der Waals surface area contributed by atoms with Crippen LogP contribution in [-0.2, 0) is 9.59 Å². The Kier molecular flexibility index (Phi) is 13.5. The standard InChI is InChI=1S/C2H2O4.CH2O3.Mg.2H/c3-1(4)2(5)6;2-1(3)4;;;/h(H,3,4)(H,5,6);(H2,2,3,4);;;/q;;+2;2*-1. The Morgan fingerprint density at radius 2 is 0.909 bits per heavy atom. The van der Waals surface area contributed by atoms with E-state index in [-0.39, 0.29) is 25.9 Å². The first-order chi connectivity index (χ1) is 4.37. The Balaban J connectivity index is -0.0000000279. The van der Waals surface area contributed by atoms with Crippen molar-refractivity contribution in [2.24, 2.45) is 0 Å². The third kappa shape index (κ3) is 49.3. The molecule has 62 valence electrons. The molecule has 0 radical (unpaired) electrons. The molecule has 0 unspecified atom stereocenters. The van der Waals surface area contributed by atoms with Gasteiger partial charge in [-0.15, -0.1) is 0 Å². The van der Waals surface area contributed by atoms with E-state index < -0.39 is 18.1 Å². The maximum absolute atomic E-state index is 9.10. The van der Waals surface area contributed by atoms with E-state index in [1.165, 1.54) is 0 Å². The molecule has 0 aliphatic carbocycles. The zero-order valence-electron chi connectivity index (χ0n) is 7.22. The molecule has 0 aromatic rings. The molecule has 0 saturated heterocycles. The molecular weight excluding hydrogens is 172 g/mol. The van der Waals surface area contributed by atoms with Crippen LogP contribution in [0.4, 0.5) is 4.79 Å². The van der Waals surface area contributed by atoms with Crippen LogP contribution in [0.15, 0.2) is 0 Å². The molecule has 0 fully saturated rings. The Bertz CT molecular complexity index is 144. The van der Waals surface area contributed by atoms with E-state index in [2.05, 4.69) is 0 Å². The van der Waals surface area contributed by atoms with E-state index in [0.29, 0.717) is 0 Å². The summed E-state index contributed by atoms with van der Waals surface area (Å²) in [5, 5.41) is 28.7. The van der Waals surface area contributed by atoms with Crippen LogP contribution in [-0.4, -0.2) is 61.6 Å². The summed E-state index contributed by atoms with van der Waals surface area (Å²) in [6.45, 7) is 0. The Morgan fingerprint density at radius 3 is 0.909 bits per heavy atom. The number of rotatable bonds is 0. The van der Waals surface area contributed by atoms with Crippen LogP contribution in [0.5, 0.6) is 0 Å². The van der Waals surface area contributed by atoms with Crippen molar-refractivity contribution in [3.8, 4) is 0 Å². The van der Waals surface area contributed by atoms with Gasteiger partial charge in [0.05, 0.1) is 0 Å². The van der Waals surface area contributed by atoms with Gasteiger partial charge in [-0.1, -0.05) is 0 Å². The number of carbonyl (C=O) groups is 3. The van der Waals surface area contributed by atoms with Crippen LogP contribution in [0.1, 0.15) is 2.85 Å². The fraction of sp³-hybridized carbons (Fsp3) is 0. The molecule has 11 heavy (non-hydrogen) atoms. The van der Waals surface area contributed by atoms with Gasteiger partial charge in [0.2, 0.25) is 0 Å². The quantitative estimate of drug-likeness (QED) is 0.282. The zero-order valence-corrected chi connectivity index (χ0v) is 6.63. The minimum atomic E-state index is -1.83. The number of aliphatic carboxylic acids is 2. The van der Waals surface area contributed by atoms with Crippen molar-refractivity contribution in [2.75, 3.05) is 0 Å². The Labute approximate surface area is 79.4 Å². The third-order valence-corrected chi connectivity index (χ3v) is 0.183. The first kappa shape index (κ1) is 16.5. The zero-order chi connectivity index (χ0) is 8.73. The second kappa shape index (κ2) is 8.98. The maximum Gasteiger partial charge on any atom is 2.00 e. The molecule has 0 amide bonds.